The van der Waals surface area contributed by atoms with E-state index >= 15 is 0 Å². The summed E-state index contributed by atoms with van der Waals surface area (Å²) >= 11 is 0. The second-order valence-corrected chi connectivity index (χ2v) is 1.89. The van der Waals surface area contributed by atoms with E-state index in [2.05, 4.69) is 0 Å². The molecule has 0 rings (SSSR count). The zero-order valence-electron chi connectivity index (χ0n) is 6.00. The van der Waals surface area contributed by atoms with Gasteiger partial charge in [-0.25, -0.2) is 0 Å². The van der Waals surface area contributed by atoms with Crippen molar-refractivity contribution in [3.63, 3.8) is 0 Å². The van der Waals surface area contributed by atoms with Gasteiger partial charge in [0.25, 0.3) is 5.78 Å². The number of carbonyl (C=O) groups excluding carboxylic acids is 1. The molecule has 0 aliphatic carbocycles. The molecule has 0 amide bonds. The minimum absolute atomic E-state index is 0. The maximum Gasteiger partial charge on any atom is 0.454 e. The molecular formula is C5H2CuF6O2. The van der Waals surface area contributed by atoms with Gasteiger partial charge in [-0.15, -0.1) is 0 Å². The number of halogens is 6. The van der Waals surface area contributed by atoms with Gasteiger partial charge in [-0.05, 0) is 0 Å². The molecule has 87 valence electrons. The van der Waals surface area contributed by atoms with Gasteiger partial charge in [0.05, 0.1) is 0 Å². The van der Waals surface area contributed by atoms with Gasteiger partial charge < -0.3 is 5.11 Å². The second kappa shape index (κ2) is 4.70. The topological polar surface area (TPSA) is 37.3 Å². The normalized spacial score (nSPS) is 13.4. The van der Waals surface area contributed by atoms with Gasteiger partial charge in [0.15, 0.2) is 0 Å². The van der Waals surface area contributed by atoms with Gasteiger partial charge >= 0.3 is 12.4 Å². The van der Waals surface area contributed by atoms with Crippen molar-refractivity contribution < 1.29 is 53.3 Å². The first-order chi connectivity index (χ1) is 5.55. The SMILES string of the molecule is O=C(C=C(O)C(F)(F)F)C(F)(F)F.[Cu]. The minimum atomic E-state index is -5.42. The van der Waals surface area contributed by atoms with Crippen LogP contribution in [0.15, 0.2) is 11.8 Å². The molecule has 0 aliphatic rings. The Morgan fingerprint density at radius 3 is 1.57 bits per heavy atom. The van der Waals surface area contributed by atoms with Crippen LogP contribution in [0.4, 0.5) is 26.3 Å². The Morgan fingerprint density at radius 1 is 1.00 bits per heavy atom. The number of ketones is 1. The molecule has 0 atom stereocenters. The smallest absolute Gasteiger partial charge is 0.454 e. The standard InChI is InChI=1S/C5H2F6O2.Cu/c6-4(7,8)2(12)1-3(13)5(9,10)11;/h1,12H;. The predicted octanol–water partition coefficient (Wildman–Crippen LogP) is 2.12. The average Bonchev–Trinajstić information content (AvgIpc) is 1.82. The van der Waals surface area contributed by atoms with E-state index in [-0.39, 0.29) is 17.1 Å². The maximum atomic E-state index is 11.4. The summed E-state index contributed by atoms with van der Waals surface area (Å²) in [5, 5.41) is 7.93. The fourth-order valence-electron chi connectivity index (χ4n) is 0.288. The van der Waals surface area contributed by atoms with E-state index in [1.807, 2.05) is 0 Å². The van der Waals surface area contributed by atoms with E-state index < -0.39 is 30.0 Å². The molecule has 1 radical (unpaired) electrons. The summed E-state index contributed by atoms with van der Waals surface area (Å²) in [6.07, 6.45) is -11.7. The molecule has 9 heteroatoms. The van der Waals surface area contributed by atoms with Gasteiger partial charge in [0.2, 0.25) is 5.76 Å². The van der Waals surface area contributed by atoms with Crippen LogP contribution in [0.25, 0.3) is 0 Å². The molecule has 0 aromatic rings. The molecule has 0 spiro atoms. The van der Waals surface area contributed by atoms with Crippen molar-refractivity contribution in [1.29, 1.82) is 0 Å². The van der Waals surface area contributed by atoms with Gasteiger partial charge in [-0.1, -0.05) is 0 Å². The molecule has 0 aromatic heterocycles. The number of allylic oxidation sites excluding steroid dienone is 2. The summed E-state index contributed by atoms with van der Waals surface area (Å²) in [6.45, 7) is 0. The zero-order chi connectivity index (χ0) is 10.9. The summed E-state index contributed by atoms with van der Waals surface area (Å²) in [6, 6.07) is 0. The fraction of sp³-hybridized carbons (Fsp3) is 0.400. The molecular weight excluding hydrogens is 270 g/mol. The van der Waals surface area contributed by atoms with Gasteiger partial charge in [0, 0.05) is 23.1 Å². The monoisotopic (exact) mass is 271 g/mol. The van der Waals surface area contributed by atoms with Crippen LogP contribution in [0.5, 0.6) is 0 Å². The third-order valence-electron chi connectivity index (χ3n) is 0.838. The van der Waals surface area contributed by atoms with Crippen LogP contribution in [-0.4, -0.2) is 23.2 Å². The number of carbonyl (C=O) groups is 1. The van der Waals surface area contributed by atoms with Crippen molar-refractivity contribution in [2.45, 2.75) is 12.4 Å². The summed E-state index contributed by atoms with van der Waals surface area (Å²) < 4.78 is 68.1. The molecule has 0 unspecified atom stereocenters. The van der Waals surface area contributed by atoms with E-state index in [0.29, 0.717) is 0 Å². The fourth-order valence-corrected chi connectivity index (χ4v) is 0.288. The van der Waals surface area contributed by atoms with Crippen LogP contribution >= 0.6 is 0 Å². The van der Waals surface area contributed by atoms with Crippen molar-refractivity contribution >= 4 is 5.78 Å². The first-order valence-corrected chi connectivity index (χ1v) is 2.64. The molecule has 0 saturated carbocycles. The molecule has 0 aliphatic heterocycles. The molecule has 0 heterocycles. The average molecular weight is 272 g/mol. The van der Waals surface area contributed by atoms with Crippen molar-refractivity contribution in [1.82, 2.24) is 0 Å². The second-order valence-electron chi connectivity index (χ2n) is 1.89. The minimum Gasteiger partial charge on any atom is -0.504 e. The van der Waals surface area contributed by atoms with E-state index in [4.69, 9.17) is 5.11 Å². The van der Waals surface area contributed by atoms with Crippen molar-refractivity contribution in [2.24, 2.45) is 0 Å². The zero-order valence-corrected chi connectivity index (χ0v) is 6.94. The molecule has 1 N–H and O–H groups in total. The third-order valence-corrected chi connectivity index (χ3v) is 0.838. The molecule has 14 heavy (non-hydrogen) atoms. The first-order valence-electron chi connectivity index (χ1n) is 2.64. The van der Waals surface area contributed by atoms with Gasteiger partial charge in [0.1, 0.15) is 0 Å². The predicted molar refractivity (Wildman–Crippen MR) is 27.8 cm³/mol. The summed E-state index contributed by atoms with van der Waals surface area (Å²) in [5.41, 5.74) is 0. The number of aliphatic hydroxyl groups is 1. The largest absolute Gasteiger partial charge is 0.504 e. The van der Waals surface area contributed by atoms with Crippen molar-refractivity contribution in [2.75, 3.05) is 0 Å². The number of alkyl halides is 6. The molecule has 0 bridgehead atoms. The number of aliphatic hydroxyl groups excluding tert-OH is 1. The Bertz CT molecular complexity index is 240. The summed E-state index contributed by atoms with van der Waals surface area (Å²) in [7, 11) is 0. The van der Waals surface area contributed by atoms with Crippen LogP contribution < -0.4 is 0 Å². The Kier molecular flexibility index (Phi) is 5.29. The number of hydrogen-bond acceptors (Lipinski definition) is 2. The molecule has 0 saturated heterocycles. The van der Waals surface area contributed by atoms with Crippen LogP contribution in [0.2, 0.25) is 0 Å². The Morgan fingerprint density at radius 2 is 1.36 bits per heavy atom. The summed E-state index contributed by atoms with van der Waals surface area (Å²) in [5.74, 6) is -5.34. The maximum absolute atomic E-state index is 11.4. The Labute approximate surface area is 84.1 Å². The quantitative estimate of drug-likeness (QED) is 0.343. The van der Waals surface area contributed by atoms with Gasteiger partial charge in [-0.2, -0.15) is 26.3 Å². The van der Waals surface area contributed by atoms with Gasteiger partial charge in [-0.3, -0.25) is 4.79 Å². The van der Waals surface area contributed by atoms with E-state index in [1.165, 1.54) is 0 Å². The van der Waals surface area contributed by atoms with E-state index in [9.17, 15) is 31.1 Å². The van der Waals surface area contributed by atoms with Crippen LogP contribution in [0, 0.1) is 0 Å². The summed E-state index contributed by atoms with van der Waals surface area (Å²) in [4.78, 5) is 9.86. The third kappa shape index (κ3) is 5.13. The molecule has 0 aromatic carbocycles. The number of rotatable bonds is 1. The van der Waals surface area contributed by atoms with E-state index in [1.54, 1.807) is 0 Å². The van der Waals surface area contributed by atoms with Crippen LogP contribution in [0.1, 0.15) is 0 Å². The van der Waals surface area contributed by atoms with Crippen molar-refractivity contribution in [3.05, 3.63) is 11.8 Å². The molecule has 0 fully saturated rings. The number of hydrogen-bond donors (Lipinski definition) is 1. The molecule has 2 nitrogen and oxygen atoms in total. The first kappa shape index (κ1) is 15.8. The van der Waals surface area contributed by atoms with Crippen molar-refractivity contribution in [3.8, 4) is 0 Å². The Balaban J connectivity index is 0. The Hall–Kier alpha value is -0.691. The van der Waals surface area contributed by atoms with Crippen LogP contribution in [0.3, 0.4) is 0 Å². The van der Waals surface area contributed by atoms with E-state index in [0.717, 1.165) is 0 Å². The van der Waals surface area contributed by atoms with Crippen LogP contribution in [-0.2, 0) is 21.9 Å².